The number of fused-ring (bicyclic) bond motifs is 2. The van der Waals surface area contributed by atoms with E-state index in [9.17, 15) is 10.1 Å². The SMILES string of the molecule is CN1C(=O)C(N=C(N)N(C#N)c2ccc(N3CCOCC3)c3ccccc23)N=C(c2ccccc2Cl)c2cc(Cl)ccc21. The Bertz CT molecular complexity index is 1830. The fourth-order valence-electron chi connectivity index (χ4n) is 5.44. The first-order chi connectivity index (χ1) is 20.9. The molecule has 0 radical (unpaired) electrons. The van der Waals surface area contributed by atoms with Crippen molar-refractivity contribution in [2.75, 3.05) is 48.1 Å². The van der Waals surface area contributed by atoms with Crippen molar-refractivity contribution in [3.05, 3.63) is 100 Å². The summed E-state index contributed by atoms with van der Waals surface area (Å²) < 4.78 is 5.53. The van der Waals surface area contributed by atoms with Gasteiger partial charge < -0.3 is 20.3 Å². The van der Waals surface area contributed by atoms with E-state index in [0.29, 0.717) is 51.5 Å². The Morgan fingerprint density at radius 3 is 2.44 bits per heavy atom. The van der Waals surface area contributed by atoms with Gasteiger partial charge in [0.1, 0.15) is 0 Å². The zero-order valence-electron chi connectivity index (χ0n) is 23.2. The molecule has 2 aliphatic heterocycles. The first-order valence-corrected chi connectivity index (χ1v) is 14.4. The number of hydrogen-bond acceptors (Lipinski definition) is 6. The van der Waals surface area contributed by atoms with E-state index >= 15 is 0 Å². The van der Waals surface area contributed by atoms with E-state index in [1.54, 1.807) is 31.3 Å². The first-order valence-electron chi connectivity index (χ1n) is 13.6. The second-order valence-electron chi connectivity index (χ2n) is 10.1. The van der Waals surface area contributed by atoms with Crippen molar-refractivity contribution >= 4 is 68.6 Å². The van der Waals surface area contributed by atoms with E-state index in [1.807, 2.05) is 54.6 Å². The van der Waals surface area contributed by atoms with E-state index < -0.39 is 12.1 Å². The van der Waals surface area contributed by atoms with Gasteiger partial charge >= 0.3 is 0 Å². The Balaban J connectivity index is 1.45. The molecule has 2 N–H and O–H groups in total. The largest absolute Gasteiger partial charge is 0.378 e. The molecule has 0 aliphatic carbocycles. The van der Waals surface area contributed by atoms with Gasteiger partial charge in [0, 0.05) is 57.8 Å². The van der Waals surface area contributed by atoms with Crippen molar-refractivity contribution in [2.45, 2.75) is 6.17 Å². The predicted molar refractivity (Wildman–Crippen MR) is 172 cm³/mol. The average Bonchev–Trinajstić information content (AvgIpc) is 3.12. The smallest absolute Gasteiger partial charge is 0.274 e. The number of nitriles is 1. The third kappa shape index (κ3) is 5.37. The van der Waals surface area contributed by atoms with Crippen LogP contribution in [0.15, 0.2) is 88.8 Å². The molecule has 0 spiro atoms. The summed E-state index contributed by atoms with van der Waals surface area (Å²) in [7, 11) is 1.64. The Labute approximate surface area is 259 Å². The lowest BCUT2D eigenvalue weighted by Crippen LogP contribution is -2.39. The molecule has 0 saturated carbocycles. The number of benzodiazepines with no additional fused rings is 1. The van der Waals surface area contributed by atoms with Crippen LogP contribution >= 0.6 is 23.2 Å². The van der Waals surface area contributed by atoms with Crippen LogP contribution < -0.4 is 20.4 Å². The van der Waals surface area contributed by atoms with E-state index in [1.165, 1.54) is 9.80 Å². The summed E-state index contributed by atoms with van der Waals surface area (Å²) in [6.45, 7) is 2.84. The topological polar surface area (TPSA) is 111 Å². The number of nitrogens with zero attached hydrogens (tertiary/aromatic N) is 6. The van der Waals surface area contributed by atoms with Crippen LogP contribution in [-0.2, 0) is 9.53 Å². The molecule has 6 rings (SSSR count). The van der Waals surface area contributed by atoms with Crippen molar-refractivity contribution < 1.29 is 9.53 Å². The van der Waals surface area contributed by atoms with Crippen LogP contribution in [0.1, 0.15) is 11.1 Å². The Hall–Kier alpha value is -4.62. The number of ether oxygens (including phenoxy) is 1. The van der Waals surface area contributed by atoms with Crippen LogP contribution in [0, 0.1) is 11.5 Å². The number of guanidine groups is 1. The second kappa shape index (κ2) is 11.9. The number of amides is 1. The van der Waals surface area contributed by atoms with Crippen molar-refractivity contribution in [3.63, 3.8) is 0 Å². The zero-order valence-corrected chi connectivity index (χ0v) is 24.8. The molecule has 1 amide bonds. The number of carbonyl (C=O) groups is 1. The van der Waals surface area contributed by atoms with Crippen molar-refractivity contribution in [1.29, 1.82) is 5.26 Å². The minimum absolute atomic E-state index is 0.176. The van der Waals surface area contributed by atoms with Crippen LogP contribution in [0.3, 0.4) is 0 Å². The third-order valence-electron chi connectivity index (χ3n) is 7.56. The Kier molecular flexibility index (Phi) is 7.91. The maximum Gasteiger partial charge on any atom is 0.274 e. The van der Waals surface area contributed by atoms with Gasteiger partial charge in [0.2, 0.25) is 12.1 Å². The minimum atomic E-state index is -1.29. The molecule has 2 heterocycles. The van der Waals surface area contributed by atoms with E-state index in [2.05, 4.69) is 16.1 Å². The van der Waals surface area contributed by atoms with Gasteiger partial charge in [-0.1, -0.05) is 65.7 Å². The molecule has 1 atom stereocenters. The first kappa shape index (κ1) is 28.5. The van der Waals surface area contributed by atoms with E-state index in [4.69, 9.17) is 38.7 Å². The number of rotatable bonds is 4. The van der Waals surface area contributed by atoms with E-state index in [-0.39, 0.29) is 5.96 Å². The molecule has 216 valence electrons. The minimum Gasteiger partial charge on any atom is -0.378 e. The maximum atomic E-state index is 13.7. The number of likely N-dealkylation sites (N-methyl/N-ethyl adjacent to an activating group) is 1. The number of aliphatic imine (C=N–C) groups is 2. The molecule has 4 aromatic carbocycles. The van der Waals surface area contributed by atoms with Crippen molar-refractivity contribution in [3.8, 4) is 6.19 Å². The molecule has 0 bridgehead atoms. The molecule has 1 unspecified atom stereocenters. The summed E-state index contributed by atoms with van der Waals surface area (Å²) in [5.41, 5.74) is 10.3. The van der Waals surface area contributed by atoms with Gasteiger partial charge in [-0.2, -0.15) is 5.26 Å². The maximum absolute atomic E-state index is 13.7. The molecule has 1 saturated heterocycles. The number of carbonyl (C=O) groups excluding carboxylic acids is 1. The quantitative estimate of drug-likeness (QED) is 0.143. The molecular weight excluding hydrogens is 585 g/mol. The standard InChI is InChI=1S/C32H27Cl2N7O2/c1-39-26-11-10-20(33)18-24(26)29(23-8-4-5-9-25(23)34)37-30(31(39)42)38-32(36)41(19-35)28-13-12-27(40-14-16-43-17-15-40)21-6-2-3-7-22(21)28/h2-13,18,30H,14-17H2,1H3,(H2,36,38). The monoisotopic (exact) mass is 611 g/mol. The lowest BCUT2D eigenvalue weighted by Gasteiger charge is -2.30. The molecule has 1 fully saturated rings. The number of nitrogens with two attached hydrogens (primary N) is 1. The number of benzene rings is 4. The van der Waals surface area contributed by atoms with Gasteiger partial charge in [-0.15, -0.1) is 0 Å². The lowest BCUT2D eigenvalue weighted by molar-refractivity contribution is -0.119. The van der Waals surface area contributed by atoms with Crippen LogP contribution in [0.2, 0.25) is 10.0 Å². The van der Waals surface area contributed by atoms with E-state index in [0.717, 1.165) is 29.5 Å². The summed E-state index contributed by atoms with van der Waals surface area (Å²) in [4.78, 5) is 28.0. The summed E-state index contributed by atoms with van der Waals surface area (Å²) in [6, 6.07) is 24.0. The summed E-state index contributed by atoms with van der Waals surface area (Å²) in [5.74, 6) is -0.608. The number of hydrogen-bond donors (Lipinski definition) is 1. The van der Waals surface area contributed by atoms with Gasteiger partial charge in [-0.25, -0.2) is 14.9 Å². The molecule has 2 aliphatic rings. The number of anilines is 3. The Morgan fingerprint density at radius 2 is 1.70 bits per heavy atom. The predicted octanol–water partition coefficient (Wildman–Crippen LogP) is 5.43. The Morgan fingerprint density at radius 1 is 1.00 bits per heavy atom. The van der Waals surface area contributed by atoms with Crippen LogP contribution in [0.4, 0.5) is 17.1 Å². The van der Waals surface area contributed by atoms with Crippen LogP contribution in [0.25, 0.3) is 10.8 Å². The van der Waals surface area contributed by atoms with Crippen LogP contribution in [-0.4, -0.2) is 57.1 Å². The van der Waals surface area contributed by atoms with Crippen LogP contribution in [0.5, 0.6) is 0 Å². The highest BCUT2D eigenvalue weighted by molar-refractivity contribution is 6.37. The zero-order chi connectivity index (χ0) is 30.1. The van der Waals surface area contributed by atoms with Crippen molar-refractivity contribution in [2.24, 2.45) is 15.7 Å². The summed E-state index contributed by atoms with van der Waals surface area (Å²) >= 11 is 13.0. The average molecular weight is 613 g/mol. The highest BCUT2D eigenvalue weighted by Crippen LogP contribution is 2.35. The number of morpholine rings is 1. The number of halogens is 2. The third-order valence-corrected chi connectivity index (χ3v) is 8.13. The van der Waals surface area contributed by atoms with Crippen molar-refractivity contribution in [1.82, 2.24) is 0 Å². The molecular formula is C32H27Cl2N7O2. The van der Waals surface area contributed by atoms with Gasteiger partial charge in [0.25, 0.3) is 5.91 Å². The molecule has 43 heavy (non-hydrogen) atoms. The fraction of sp³-hybridized carbons (Fsp3) is 0.188. The fourth-order valence-corrected chi connectivity index (χ4v) is 5.83. The van der Waals surface area contributed by atoms with Gasteiger partial charge in [-0.05, 0) is 36.4 Å². The molecule has 9 nitrogen and oxygen atoms in total. The normalized spacial score (nSPS) is 17.3. The highest BCUT2D eigenvalue weighted by atomic mass is 35.5. The lowest BCUT2D eigenvalue weighted by atomic mass is 10.00. The second-order valence-corrected chi connectivity index (χ2v) is 10.9. The van der Waals surface area contributed by atoms with Gasteiger partial charge in [0.15, 0.2) is 6.19 Å². The summed E-state index contributed by atoms with van der Waals surface area (Å²) in [5, 5.41) is 13.0. The molecule has 4 aromatic rings. The molecule has 0 aromatic heterocycles. The van der Waals surface area contributed by atoms with Gasteiger partial charge in [-0.3, -0.25) is 4.79 Å². The van der Waals surface area contributed by atoms with Gasteiger partial charge in [0.05, 0.1) is 30.3 Å². The summed E-state index contributed by atoms with van der Waals surface area (Å²) in [6.07, 6.45) is 0.855. The highest BCUT2D eigenvalue weighted by Gasteiger charge is 2.31. The molecule has 11 heteroatoms.